The van der Waals surface area contributed by atoms with E-state index in [4.69, 9.17) is 0 Å². The Morgan fingerprint density at radius 3 is 2.44 bits per heavy atom. The smallest absolute Gasteiger partial charge is 0.170 e. The third-order valence-corrected chi connectivity index (χ3v) is 2.66. The minimum atomic E-state index is -0.130. The van der Waals surface area contributed by atoms with Crippen LogP contribution in [-0.4, -0.2) is 10.2 Å². The summed E-state index contributed by atoms with van der Waals surface area (Å²) in [6.07, 6.45) is 0. The average molecular weight is 240 g/mol. The number of nitrogens with zero attached hydrogens (tertiary/aromatic N) is 2. The molecular formula is C14H16N4. The monoisotopic (exact) mass is 240 g/mol. The van der Waals surface area contributed by atoms with Crippen LogP contribution in [0.1, 0.15) is 32.0 Å². The van der Waals surface area contributed by atoms with Crippen molar-refractivity contribution in [1.82, 2.24) is 10.2 Å². The number of para-hydroxylation sites is 1. The van der Waals surface area contributed by atoms with E-state index in [2.05, 4.69) is 21.6 Å². The standard InChI is InChI=1S/C14H16N4/c1-14(2,3)12-11(9-15)13(18-17-12)16-10-7-5-4-6-8-10/h4-8H,1-3H3,(H2,16,17,18). The number of nitriles is 1. The Labute approximate surface area is 107 Å². The first-order chi connectivity index (χ1) is 8.52. The van der Waals surface area contributed by atoms with Gasteiger partial charge in [0.05, 0.1) is 5.69 Å². The van der Waals surface area contributed by atoms with Crippen molar-refractivity contribution in [2.45, 2.75) is 26.2 Å². The van der Waals surface area contributed by atoms with Gasteiger partial charge in [-0.05, 0) is 12.1 Å². The van der Waals surface area contributed by atoms with E-state index in [1.807, 2.05) is 51.1 Å². The van der Waals surface area contributed by atoms with E-state index >= 15 is 0 Å². The lowest BCUT2D eigenvalue weighted by molar-refractivity contribution is 0.565. The van der Waals surface area contributed by atoms with Crippen molar-refractivity contribution in [2.75, 3.05) is 5.32 Å². The van der Waals surface area contributed by atoms with Gasteiger partial charge in [0.25, 0.3) is 0 Å². The number of hydrogen-bond acceptors (Lipinski definition) is 3. The van der Waals surface area contributed by atoms with Crippen LogP contribution in [0, 0.1) is 11.3 Å². The van der Waals surface area contributed by atoms with Crippen molar-refractivity contribution in [3.63, 3.8) is 0 Å². The predicted molar refractivity (Wildman–Crippen MR) is 71.7 cm³/mol. The van der Waals surface area contributed by atoms with Crippen LogP contribution in [0.15, 0.2) is 30.3 Å². The zero-order valence-corrected chi connectivity index (χ0v) is 10.8. The summed E-state index contributed by atoms with van der Waals surface area (Å²) in [5, 5.41) is 19.6. The summed E-state index contributed by atoms with van der Waals surface area (Å²) < 4.78 is 0. The average Bonchev–Trinajstić information content (AvgIpc) is 2.73. The van der Waals surface area contributed by atoms with Gasteiger partial charge in [-0.3, -0.25) is 5.10 Å². The Morgan fingerprint density at radius 1 is 1.22 bits per heavy atom. The third kappa shape index (κ3) is 2.35. The fraction of sp³-hybridized carbons (Fsp3) is 0.286. The van der Waals surface area contributed by atoms with Gasteiger partial charge in [-0.15, -0.1) is 0 Å². The summed E-state index contributed by atoms with van der Waals surface area (Å²) in [6, 6.07) is 11.9. The number of hydrogen-bond donors (Lipinski definition) is 2. The second-order valence-electron chi connectivity index (χ2n) is 5.18. The summed E-state index contributed by atoms with van der Waals surface area (Å²) in [7, 11) is 0. The van der Waals surface area contributed by atoms with E-state index < -0.39 is 0 Å². The minimum absolute atomic E-state index is 0.130. The van der Waals surface area contributed by atoms with Crippen LogP contribution in [0.4, 0.5) is 11.5 Å². The van der Waals surface area contributed by atoms with Crippen LogP contribution in [0.25, 0.3) is 0 Å². The first-order valence-electron chi connectivity index (χ1n) is 5.83. The SMILES string of the molecule is CC(C)(C)c1[nH]nc(Nc2ccccc2)c1C#N. The summed E-state index contributed by atoms with van der Waals surface area (Å²) in [5.41, 5.74) is 2.21. The maximum Gasteiger partial charge on any atom is 0.170 e. The predicted octanol–water partition coefficient (Wildman–Crippen LogP) is 3.32. The molecule has 0 bridgehead atoms. The number of anilines is 2. The van der Waals surface area contributed by atoms with Crippen molar-refractivity contribution in [1.29, 1.82) is 5.26 Å². The van der Waals surface area contributed by atoms with Crippen molar-refractivity contribution < 1.29 is 0 Å². The quantitative estimate of drug-likeness (QED) is 0.846. The highest BCUT2D eigenvalue weighted by Gasteiger charge is 2.23. The molecule has 2 aromatic rings. The molecule has 0 aliphatic rings. The number of aromatic amines is 1. The molecule has 1 aromatic heterocycles. The number of aromatic nitrogens is 2. The zero-order valence-electron chi connectivity index (χ0n) is 10.8. The lowest BCUT2D eigenvalue weighted by Crippen LogP contribution is -2.13. The maximum absolute atomic E-state index is 9.28. The lowest BCUT2D eigenvalue weighted by Gasteiger charge is -2.16. The molecule has 0 fully saturated rings. The largest absolute Gasteiger partial charge is 0.338 e. The Balaban J connectivity index is 2.37. The molecule has 0 amide bonds. The first kappa shape index (κ1) is 12.2. The molecule has 92 valence electrons. The molecule has 0 atom stereocenters. The summed E-state index contributed by atoms with van der Waals surface area (Å²) in [4.78, 5) is 0. The van der Waals surface area contributed by atoms with E-state index in [-0.39, 0.29) is 5.41 Å². The Bertz CT molecular complexity index is 570. The van der Waals surface area contributed by atoms with Crippen LogP contribution in [0.5, 0.6) is 0 Å². The molecule has 0 aliphatic carbocycles. The lowest BCUT2D eigenvalue weighted by atomic mass is 9.89. The van der Waals surface area contributed by atoms with E-state index in [0.717, 1.165) is 11.4 Å². The Hall–Kier alpha value is -2.28. The van der Waals surface area contributed by atoms with Gasteiger partial charge in [0.15, 0.2) is 5.82 Å². The Morgan fingerprint density at radius 2 is 1.89 bits per heavy atom. The zero-order chi connectivity index (χ0) is 13.2. The van der Waals surface area contributed by atoms with Gasteiger partial charge in [-0.25, -0.2) is 0 Å². The molecule has 0 unspecified atom stereocenters. The molecule has 0 spiro atoms. The summed E-state index contributed by atoms with van der Waals surface area (Å²) >= 11 is 0. The third-order valence-electron chi connectivity index (χ3n) is 2.66. The minimum Gasteiger partial charge on any atom is -0.338 e. The summed E-state index contributed by atoms with van der Waals surface area (Å²) in [6.45, 7) is 6.15. The topological polar surface area (TPSA) is 64.5 Å². The molecule has 1 aromatic carbocycles. The van der Waals surface area contributed by atoms with Crippen LogP contribution in [0.2, 0.25) is 0 Å². The molecule has 0 radical (unpaired) electrons. The normalized spacial score (nSPS) is 11.0. The molecule has 4 nitrogen and oxygen atoms in total. The number of H-pyrrole nitrogens is 1. The fourth-order valence-corrected chi connectivity index (χ4v) is 1.74. The van der Waals surface area contributed by atoms with Crippen molar-refractivity contribution >= 4 is 11.5 Å². The van der Waals surface area contributed by atoms with E-state index in [9.17, 15) is 5.26 Å². The van der Waals surface area contributed by atoms with Crippen molar-refractivity contribution in [2.24, 2.45) is 0 Å². The van der Waals surface area contributed by atoms with Crippen LogP contribution in [-0.2, 0) is 5.41 Å². The van der Waals surface area contributed by atoms with Crippen LogP contribution in [0.3, 0.4) is 0 Å². The van der Waals surface area contributed by atoms with Crippen LogP contribution < -0.4 is 5.32 Å². The van der Waals surface area contributed by atoms with Gasteiger partial charge in [0, 0.05) is 11.1 Å². The molecular weight excluding hydrogens is 224 g/mol. The molecule has 2 N–H and O–H groups in total. The first-order valence-corrected chi connectivity index (χ1v) is 5.83. The van der Waals surface area contributed by atoms with E-state index in [1.54, 1.807) is 0 Å². The van der Waals surface area contributed by atoms with Gasteiger partial charge in [0.2, 0.25) is 0 Å². The highest BCUT2D eigenvalue weighted by atomic mass is 15.2. The number of rotatable bonds is 2. The van der Waals surface area contributed by atoms with E-state index in [1.165, 1.54) is 0 Å². The van der Waals surface area contributed by atoms with Gasteiger partial charge in [-0.1, -0.05) is 39.0 Å². The summed E-state index contributed by atoms with van der Waals surface area (Å²) in [5.74, 6) is 0.577. The highest BCUT2D eigenvalue weighted by Crippen LogP contribution is 2.28. The molecule has 2 rings (SSSR count). The van der Waals surface area contributed by atoms with Gasteiger partial charge in [0.1, 0.15) is 11.6 Å². The molecule has 0 saturated carbocycles. The maximum atomic E-state index is 9.28. The van der Waals surface area contributed by atoms with Gasteiger partial charge in [-0.2, -0.15) is 10.4 Å². The fourth-order valence-electron chi connectivity index (χ4n) is 1.74. The van der Waals surface area contributed by atoms with Crippen molar-refractivity contribution in [3.05, 3.63) is 41.6 Å². The molecule has 4 heteroatoms. The van der Waals surface area contributed by atoms with E-state index in [0.29, 0.717) is 11.4 Å². The Kier molecular flexibility index (Phi) is 3.07. The molecule has 0 aliphatic heterocycles. The van der Waals surface area contributed by atoms with Gasteiger partial charge < -0.3 is 5.32 Å². The van der Waals surface area contributed by atoms with Crippen molar-refractivity contribution in [3.8, 4) is 6.07 Å². The molecule has 0 saturated heterocycles. The molecule has 18 heavy (non-hydrogen) atoms. The second-order valence-corrected chi connectivity index (χ2v) is 5.18. The van der Waals surface area contributed by atoms with Gasteiger partial charge >= 0.3 is 0 Å². The van der Waals surface area contributed by atoms with Crippen LogP contribution >= 0.6 is 0 Å². The molecule has 1 heterocycles. The number of benzene rings is 1. The number of nitrogens with one attached hydrogen (secondary N) is 2. The highest BCUT2D eigenvalue weighted by molar-refractivity contribution is 5.64. The second kappa shape index (κ2) is 4.53.